The van der Waals surface area contributed by atoms with Crippen LogP contribution in [0.25, 0.3) is 10.9 Å². The number of nitrogen functional groups attached to an aromatic ring is 1. The minimum Gasteiger partial charge on any atom is -0.398 e. The minimum absolute atomic E-state index is 0.146. The van der Waals surface area contributed by atoms with Gasteiger partial charge in [0.15, 0.2) is 5.78 Å². The van der Waals surface area contributed by atoms with Gasteiger partial charge in [-0.05, 0) is 30.3 Å². The molecule has 0 fully saturated rings. The molecule has 0 aliphatic heterocycles. The van der Waals surface area contributed by atoms with Gasteiger partial charge in [-0.2, -0.15) is 5.26 Å². The maximum absolute atomic E-state index is 12.6. The number of hydrogen-bond donors (Lipinski definition) is 2. The fourth-order valence-corrected chi connectivity index (χ4v) is 2.39. The number of nitrogens with one attached hydrogen (secondary N) is 1. The molecule has 102 valence electrons. The van der Waals surface area contributed by atoms with E-state index >= 15 is 0 Å². The van der Waals surface area contributed by atoms with Crippen LogP contribution in [-0.4, -0.2) is 10.8 Å². The molecule has 0 aliphatic carbocycles. The van der Waals surface area contributed by atoms with Gasteiger partial charge in [0.2, 0.25) is 0 Å². The first-order chi connectivity index (χ1) is 10.1. The predicted molar refractivity (Wildman–Crippen MR) is 82.3 cm³/mol. The minimum atomic E-state index is -0.146. The summed E-state index contributed by atoms with van der Waals surface area (Å²) in [4.78, 5) is 15.6. The quantitative estimate of drug-likeness (QED) is 0.560. The number of carbonyl (C=O) groups is 1. The van der Waals surface area contributed by atoms with E-state index in [1.54, 1.807) is 42.6 Å². The van der Waals surface area contributed by atoms with Gasteiger partial charge in [0.05, 0.1) is 22.3 Å². The first-order valence-corrected chi connectivity index (χ1v) is 6.59. The van der Waals surface area contributed by atoms with Gasteiger partial charge in [0, 0.05) is 28.2 Å². The molecule has 21 heavy (non-hydrogen) atoms. The Labute approximate surface area is 125 Å². The van der Waals surface area contributed by atoms with Crippen LogP contribution in [-0.2, 0) is 0 Å². The molecule has 0 aliphatic rings. The molecule has 0 amide bonds. The summed E-state index contributed by atoms with van der Waals surface area (Å²) in [6.07, 6.45) is 1.64. The molecular weight excluding hydrogens is 286 g/mol. The summed E-state index contributed by atoms with van der Waals surface area (Å²) in [7, 11) is 0. The number of nitrogens with zero attached hydrogens (tertiary/aromatic N) is 1. The topological polar surface area (TPSA) is 82.7 Å². The van der Waals surface area contributed by atoms with E-state index in [2.05, 4.69) is 11.1 Å². The lowest BCUT2D eigenvalue weighted by atomic mass is 10.0. The Morgan fingerprint density at radius 1 is 1.24 bits per heavy atom. The van der Waals surface area contributed by atoms with Crippen molar-refractivity contribution < 1.29 is 4.79 Å². The second-order valence-corrected chi connectivity index (χ2v) is 5.05. The number of aromatic nitrogens is 1. The summed E-state index contributed by atoms with van der Waals surface area (Å²) >= 11 is 5.96. The molecule has 1 heterocycles. The molecule has 2 aromatic carbocycles. The molecular formula is C16H10ClN3O. The summed E-state index contributed by atoms with van der Waals surface area (Å²) in [5.74, 6) is -0.146. The van der Waals surface area contributed by atoms with E-state index in [-0.39, 0.29) is 5.78 Å². The predicted octanol–water partition coefficient (Wildman–Crippen LogP) is 3.51. The number of H-pyrrole nitrogens is 1. The van der Waals surface area contributed by atoms with Gasteiger partial charge in [-0.3, -0.25) is 4.79 Å². The van der Waals surface area contributed by atoms with E-state index in [1.807, 2.05) is 0 Å². The first-order valence-electron chi connectivity index (χ1n) is 6.21. The lowest BCUT2D eigenvalue weighted by molar-refractivity contribution is 0.104. The number of nitrogens with two attached hydrogens (primary N) is 1. The van der Waals surface area contributed by atoms with Gasteiger partial charge in [0.25, 0.3) is 0 Å². The van der Waals surface area contributed by atoms with Crippen molar-refractivity contribution in [2.45, 2.75) is 0 Å². The maximum atomic E-state index is 12.6. The highest BCUT2D eigenvalue weighted by Crippen LogP contribution is 2.25. The van der Waals surface area contributed by atoms with E-state index in [4.69, 9.17) is 22.6 Å². The van der Waals surface area contributed by atoms with Crippen LogP contribution < -0.4 is 5.73 Å². The monoisotopic (exact) mass is 295 g/mol. The van der Waals surface area contributed by atoms with Crippen molar-refractivity contribution in [2.24, 2.45) is 0 Å². The van der Waals surface area contributed by atoms with Gasteiger partial charge in [-0.1, -0.05) is 17.7 Å². The summed E-state index contributed by atoms with van der Waals surface area (Å²) in [6.45, 7) is 0. The zero-order valence-corrected chi connectivity index (χ0v) is 11.6. The van der Waals surface area contributed by atoms with Gasteiger partial charge in [-0.25, -0.2) is 0 Å². The SMILES string of the molecule is N#Cc1ccc2c(C(=O)c3ccc(N)c(Cl)c3)c[nH]c2c1. The number of ketones is 1. The van der Waals surface area contributed by atoms with Crippen molar-refractivity contribution in [2.75, 3.05) is 5.73 Å². The van der Waals surface area contributed by atoms with Crippen molar-refractivity contribution in [1.82, 2.24) is 4.98 Å². The van der Waals surface area contributed by atoms with Crippen LogP contribution >= 0.6 is 11.6 Å². The van der Waals surface area contributed by atoms with Crippen LogP contribution in [0, 0.1) is 11.3 Å². The standard InChI is InChI=1S/C16H10ClN3O/c17-13-6-10(2-4-14(13)19)16(21)12-8-20-15-5-9(7-18)1-3-11(12)15/h1-6,8,20H,19H2. The third-order valence-corrected chi connectivity index (χ3v) is 3.65. The number of nitriles is 1. The Morgan fingerprint density at radius 2 is 2.05 bits per heavy atom. The van der Waals surface area contributed by atoms with E-state index in [1.165, 1.54) is 0 Å². The number of anilines is 1. The highest BCUT2D eigenvalue weighted by atomic mass is 35.5. The van der Waals surface area contributed by atoms with Crippen molar-refractivity contribution in [3.05, 3.63) is 64.3 Å². The lowest BCUT2D eigenvalue weighted by Gasteiger charge is -2.03. The van der Waals surface area contributed by atoms with E-state index in [0.717, 1.165) is 10.9 Å². The molecule has 0 saturated heterocycles. The third kappa shape index (κ3) is 2.24. The third-order valence-electron chi connectivity index (χ3n) is 3.32. The van der Waals surface area contributed by atoms with Crippen molar-refractivity contribution >= 4 is 34.0 Å². The van der Waals surface area contributed by atoms with Crippen LogP contribution in [0.2, 0.25) is 5.02 Å². The lowest BCUT2D eigenvalue weighted by Crippen LogP contribution is -2.01. The van der Waals surface area contributed by atoms with Crippen molar-refractivity contribution in [3.8, 4) is 6.07 Å². The molecule has 3 N–H and O–H groups in total. The molecule has 0 radical (unpaired) electrons. The summed E-state index contributed by atoms with van der Waals surface area (Å²) in [6, 6.07) is 12.0. The fraction of sp³-hybridized carbons (Fsp3) is 0. The highest BCUT2D eigenvalue weighted by Gasteiger charge is 2.15. The number of carbonyl (C=O) groups excluding carboxylic acids is 1. The largest absolute Gasteiger partial charge is 0.398 e. The summed E-state index contributed by atoms with van der Waals surface area (Å²) in [5, 5.41) is 10.0. The average molecular weight is 296 g/mol. The van der Waals surface area contributed by atoms with Crippen molar-refractivity contribution in [1.29, 1.82) is 5.26 Å². The molecule has 5 heteroatoms. The van der Waals surface area contributed by atoms with E-state index in [9.17, 15) is 4.79 Å². The van der Waals surface area contributed by atoms with Gasteiger partial charge in [-0.15, -0.1) is 0 Å². The number of halogens is 1. The van der Waals surface area contributed by atoms with Crippen LogP contribution in [0.15, 0.2) is 42.6 Å². The second kappa shape index (κ2) is 4.97. The molecule has 0 spiro atoms. The summed E-state index contributed by atoms with van der Waals surface area (Å²) in [5.41, 5.74) is 8.38. The molecule has 0 atom stereocenters. The Bertz CT molecular complexity index is 906. The molecule has 3 aromatic rings. The number of hydrogen-bond acceptors (Lipinski definition) is 3. The molecule has 4 nitrogen and oxygen atoms in total. The van der Waals surface area contributed by atoms with Gasteiger partial charge >= 0.3 is 0 Å². The van der Waals surface area contributed by atoms with Crippen molar-refractivity contribution in [3.63, 3.8) is 0 Å². The van der Waals surface area contributed by atoms with Gasteiger partial charge < -0.3 is 10.7 Å². The van der Waals surface area contributed by atoms with Crippen LogP contribution in [0.3, 0.4) is 0 Å². The second-order valence-electron chi connectivity index (χ2n) is 4.64. The number of aromatic amines is 1. The van der Waals surface area contributed by atoms with E-state index < -0.39 is 0 Å². The molecule has 0 unspecified atom stereocenters. The fourth-order valence-electron chi connectivity index (χ4n) is 2.21. The Balaban J connectivity index is 2.09. The number of rotatable bonds is 2. The van der Waals surface area contributed by atoms with Crippen LogP contribution in [0.4, 0.5) is 5.69 Å². The highest BCUT2D eigenvalue weighted by molar-refractivity contribution is 6.33. The zero-order chi connectivity index (χ0) is 15.0. The Hall–Kier alpha value is -2.77. The smallest absolute Gasteiger partial charge is 0.195 e. The Kier molecular flexibility index (Phi) is 3.13. The number of fused-ring (bicyclic) bond motifs is 1. The maximum Gasteiger partial charge on any atom is 0.195 e. The van der Waals surface area contributed by atoms with Gasteiger partial charge in [0.1, 0.15) is 0 Å². The molecule has 0 saturated carbocycles. The number of benzene rings is 2. The average Bonchev–Trinajstić information content (AvgIpc) is 2.92. The molecule has 1 aromatic heterocycles. The first kappa shape index (κ1) is 13.2. The molecule has 0 bridgehead atoms. The van der Waals surface area contributed by atoms with Crippen LogP contribution in [0.5, 0.6) is 0 Å². The molecule has 3 rings (SSSR count). The Morgan fingerprint density at radius 3 is 2.76 bits per heavy atom. The van der Waals surface area contributed by atoms with E-state index in [0.29, 0.717) is 27.4 Å². The van der Waals surface area contributed by atoms with Crippen LogP contribution in [0.1, 0.15) is 21.5 Å². The summed E-state index contributed by atoms with van der Waals surface area (Å²) < 4.78 is 0. The normalized spacial score (nSPS) is 10.5. The zero-order valence-electron chi connectivity index (χ0n) is 10.9.